The molecule has 0 amide bonds. The number of ether oxygens (including phenoxy) is 1. The van der Waals surface area contributed by atoms with E-state index in [1.54, 1.807) is 0 Å². The fraction of sp³-hybridized carbons (Fsp3) is 0.545. The number of imidazole rings is 1. The quantitative estimate of drug-likeness (QED) is 0.368. The molecule has 1 fully saturated rings. The molecule has 0 spiro atoms. The minimum atomic E-state index is 0.710. The van der Waals surface area contributed by atoms with Crippen LogP contribution in [0.5, 0.6) is 0 Å². The Morgan fingerprint density at radius 1 is 1.32 bits per heavy atom. The van der Waals surface area contributed by atoms with Crippen molar-refractivity contribution in [2.45, 2.75) is 32.7 Å². The highest BCUT2D eigenvalue weighted by molar-refractivity contribution is 5.79. The first-order valence-corrected chi connectivity index (χ1v) is 10.4. The fourth-order valence-corrected chi connectivity index (χ4v) is 3.07. The summed E-state index contributed by atoms with van der Waals surface area (Å²) in [5.74, 6) is 2.81. The van der Waals surface area contributed by atoms with Crippen molar-refractivity contribution in [1.82, 2.24) is 19.8 Å². The summed E-state index contributed by atoms with van der Waals surface area (Å²) in [5.41, 5.74) is 1.28. The highest BCUT2D eigenvalue weighted by atomic mass is 16.5. The largest absolute Gasteiger partial charge is 0.379 e. The third kappa shape index (κ3) is 6.68. The van der Waals surface area contributed by atoms with Gasteiger partial charge in [-0.05, 0) is 31.2 Å². The number of guanidine groups is 1. The van der Waals surface area contributed by atoms with Crippen molar-refractivity contribution in [1.29, 1.82) is 0 Å². The molecule has 0 saturated heterocycles. The van der Waals surface area contributed by atoms with E-state index in [0.717, 1.165) is 57.0 Å². The fourth-order valence-electron chi connectivity index (χ4n) is 3.07. The smallest absolute Gasteiger partial charge is 0.193 e. The van der Waals surface area contributed by atoms with E-state index in [1.807, 2.05) is 18.5 Å². The monoisotopic (exact) mass is 383 g/mol. The van der Waals surface area contributed by atoms with Crippen molar-refractivity contribution >= 4 is 5.96 Å². The van der Waals surface area contributed by atoms with Crippen LogP contribution < -0.4 is 5.32 Å². The molecule has 0 bridgehead atoms. The second kappa shape index (κ2) is 10.9. The SMILES string of the molecule is CCNC(=NCCc1nccn1Cc1ccccc1)N(C)CCOCC1CC1. The highest BCUT2D eigenvalue weighted by Gasteiger charge is 2.21. The van der Waals surface area contributed by atoms with E-state index in [1.165, 1.54) is 18.4 Å². The number of likely N-dealkylation sites (N-methyl/N-ethyl adjacent to an activating group) is 1. The number of benzene rings is 1. The molecule has 1 aromatic heterocycles. The summed E-state index contributed by atoms with van der Waals surface area (Å²) >= 11 is 0. The number of nitrogens with one attached hydrogen (secondary N) is 1. The third-order valence-electron chi connectivity index (χ3n) is 4.91. The maximum atomic E-state index is 5.75. The van der Waals surface area contributed by atoms with Gasteiger partial charge in [0, 0.05) is 58.6 Å². The molecule has 1 N–H and O–H groups in total. The van der Waals surface area contributed by atoms with Crippen molar-refractivity contribution in [3.05, 3.63) is 54.1 Å². The van der Waals surface area contributed by atoms with Gasteiger partial charge >= 0.3 is 0 Å². The van der Waals surface area contributed by atoms with Crippen LogP contribution in [0.15, 0.2) is 47.7 Å². The van der Waals surface area contributed by atoms with Crippen molar-refractivity contribution in [2.75, 3.05) is 39.9 Å². The number of aromatic nitrogens is 2. The van der Waals surface area contributed by atoms with Crippen molar-refractivity contribution in [3.63, 3.8) is 0 Å². The van der Waals surface area contributed by atoms with E-state index < -0.39 is 0 Å². The Labute approximate surface area is 168 Å². The number of rotatable bonds is 11. The third-order valence-corrected chi connectivity index (χ3v) is 4.91. The second-order valence-corrected chi connectivity index (χ2v) is 7.38. The van der Waals surface area contributed by atoms with E-state index in [9.17, 15) is 0 Å². The molecule has 0 aliphatic heterocycles. The zero-order valence-electron chi connectivity index (χ0n) is 17.2. The predicted octanol–water partition coefficient (Wildman–Crippen LogP) is 2.80. The molecule has 28 heavy (non-hydrogen) atoms. The van der Waals surface area contributed by atoms with Crippen LogP contribution in [0, 0.1) is 5.92 Å². The Morgan fingerprint density at radius 2 is 2.14 bits per heavy atom. The molecule has 1 aliphatic carbocycles. The summed E-state index contributed by atoms with van der Waals surface area (Å²) in [4.78, 5) is 11.5. The van der Waals surface area contributed by atoms with Crippen LogP contribution in [-0.2, 0) is 17.7 Å². The maximum absolute atomic E-state index is 5.75. The Bertz CT molecular complexity index is 724. The van der Waals surface area contributed by atoms with Crippen LogP contribution in [0.3, 0.4) is 0 Å². The topological polar surface area (TPSA) is 54.7 Å². The molecule has 0 atom stereocenters. The minimum Gasteiger partial charge on any atom is -0.379 e. The lowest BCUT2D eigenvalue weighted by Gasteiger charge is -2.22. The molecule has 1 aromatic carbocycles. The first-order valence-electron chi connectivity index (χ1n) is 10.4. The lowest BCUT2D eigenvalue weighted by atomic mass is 10.2. The van der Waals surface area contributed by atoms with Gasteiger partial charge in [0.15, 0.2) is 5.96 Å². The van der Waals surface area contributed by atoms with Gasteiger partial charge in [0.25, 0.3) is 0 Å². The van der Waals surface area contributed by atoms with Gasteiger partial charge in [0.2, 0.25) is 0 Å². The Hall–Kier alpha value is -2.34. The second-order valence-electron chi connectivity index (χ2n) is 7.38. The van der Waals surface area contributed by atoms with Gasteiger partial charge in [0.1, 0.15) is 5.82 Å². The van der Waals surface area contributed by atoms with Crippen LogP contribution >= 0.6 is 0 Å². The summed E-state index contributed by atoms with van der Waals surface area (Å²) in [5, 5.41) is 3.37. The summed E-state index contributed by atoms with van der Waals surface area (Å²) in [6, 6.07) is 10.5. The van der Waals surface area contributed by atoms with Gasteiger partial charge in [0.05, 0.1) is 6.61 Å². The van der Waals surface area contributed by atoms with E-state index in [4.69, 9.17) is 9.73 Å². The molecule has 1 heterocycles. The van der Waals surface area contributed by atoms with Crippen molar-refractivity contribution < 1.29 is 4.74 Å². The highest BCUT2D eigenvalue weighted by Crippen LogP contribution is 2.28. The molecule has 0 radical (unpaired) electrons. The summed E-state index contributed by atoms with van der Waals surface area (Å²) < 4.78 is 7.96. The Balaban J connectivity index is 1.48. The standard InChI is InChI=1S/C22H33N5O/c1-3-23-22(26(2)15-16-28-18-20-9-10-20)25-12-11-21-24-13-14-27(21)17-19-7-5-4-6-8-19/h4-8,13-14,20H,3,9-12,15-18H2,1-2H3,(H,23,25). The molecular formula is C22H33N5O. The van der Waals surface area contributed by atoms with Crippen LogP contribution in [-0.4, -0.2) is 60.3 Å². The van der Waals surface area contributed by atoms with Crippen molar-refractivity contribution in [3.8, 4) is 0 Å². The average molecular weight is 384 g/mol. The van der Waals surface area contributed by atoms with Gasteiger partial charge in [-0.15, -0.1) is 0 Å². The molecule has 3 rings (SSSR count). The number of nitrogens with zero attached hydrogens (tertiary/aromatic N) is 4. The Kier molecular flexibility index (Phi) is 7.91. The number of hydrogen-bond acceptors (Lipinski definition) is 3. The zero-order chi connectivity index (χ0) is 19.6. The van der Waals surface area contributed by atoms with Gasteiger partial charge < -0.3 is 19.5 Å². The first-order chi connectivity index (χ1) is 13.8. The number of aliphatic imine (C=N–C) groups is 1. The van der Waals surface area contributed by atoms with Gasteiger partial charge in [-0.1, -0.05) is 30.3 Å². The van der Waals surface area contributed by atoms with E-state index >= 15 is 0 Å². The molecule has 1 saturated carbocycles. The molecule has 152 valence electrons. The Morgan fingerprint density at radius 3 is 2.89 bits per heavy atom. The predicted molar refractivity (Wildman–Crippen MR) is 114 cm³/mol. The van der Waals surface area contributed by atoms with Crippen LogP contribution in [0.2, 0.25) is 0 Å². The van der Waals surface area contributed by atoms with Crippen LogP contribution in [0.4, 0.5) is 0 Å². The van der Waals surface area contributed by atoms with Gasteiger partial charge in [-0.25, -0.2) is 4.98 Å². The van der Waals surface area contributed by atoms with Crippen LogP contribution in [0.25, 0.3) is 0 Å². The lowest BCUT2D eigenvalue weighted by molar-refractivity contribution is 0.115. The summed E-state index contributed by atoms with van der Waals surface area (Å²) in [6.07, 6.45) is 7.40. The molecule has 6 heteroatoms. The molecular weight excluding hydrogens is 350 g/mol. The van der Waals surface area contributed by atoms with Crippen molar-refractivity contribution in [2.24, 2.45) is 10.9 Å². The van der Waals surface area contributed by atoms with Gasteiger partial charge in [-0.3, -0.25) is 4.99 Å². The first kappa shape index (κ1) is 20.4. The van der Waals surface area contributed by atoms with E-state index in [-0.39, 0.29) is 0 Å². The molecule has 6 nitrogen and oxygen atoms in total. The minimum absolute atomic E-state index is 0.710. The average Bonchev–Trinajstić information content (AvgIpc) is 3.44. The van der Waals surface area contributed by atoms with Gasteiger partial charge in [-0.2, -0.15) is 0 Å². The molecule has 1 aliphatic rings. The van der Waals surface area contributed by atoms with E-state index in [0.29, 0.717) is 6.54 Å². The maximum Gasteiger partial charge on any atom is 0.193 e. The molecule has 2 aromatic rings. The number of hydrogen-bond donors (Lipinski definition) is 1. The summed E-state index contributed by atoms with van der Waals surface area (Å²) in [6.45, 7) is 7.01. The zero-order valence-corrected chi connectivity index (χ0v) is 17.2. The summed E-state index contributed by atoms with van der Waals surface area (Å²) in [7, 11) is 2.07. The van der Waals surface area contributed by atoms with E-state index in [2.05, 4.69) is 58.0 Å². The molecule has 0 unspecified atom stereocenters. The normalized spacial score (nSPS) is 14.3. The van der Waals surface area contributed by atoms with Crippen LogP contribution in [0.1, 0.15) is 31.2 Å². The lowest BCUT2D eigenvalue weighted by Crippen LogP contribution is -2.40.